The predicted molar refractivity (Wildman–Crippen MR) is 113 cm³/mol. The highest BCUT2D eigenvalue weighted by Gasteiger charge is 2.25. The first-order valence-corrected chi connectivity index (χ1v) is 10.3. The third kappa shape index (κ3) is 4.64. The smallest absolute Gasteiger partial charge is 0.170 e. The topological polar surface area (TPSA) is 85.0 Å². The number of piperidine rings is 1. The molecule has 4 rings (SSSR count). The van der Waals surface area contributed by atoms with Crippen molar-refractivity contribution in [2.24, 2.45) is 0 Å². The molecule has 0 amide bonds. The summed E-state index contributed by atoms with van der Waals surface area (Å²) in [6.07, 6.45) is 3.32. The van der Waals surface area contributed by atoms with E-state index in [2.05, 4.69) is 10.1 Å². The number of hydrogen-bond donors (Lipinski definition) is 1. The van der Waals surface area contributed by atoms with Crippen LogP contribution in [0.5, 0.6) is 17.2 Å². The summed E-state index contributed by atoms with van der Waals surface area (Å²) >= 11 is 0. The molecular weight excluding hydrogens is 403 g/mol. The van der Waals surface area contributed by atoms with Gasteiger partial charge in [0.2, 0.25) is 0 Å². The molecule has 3 aromatic rings. The van der Waals surface area contributed by atoms with Crippen LogP contribution in [0.1, 0.15) is 41.2 Å². The highest BCUT2D eigenvalue weighted by atomic mass is 19.1. The molecule has 1 aliphatic heterocycles. The lowest BCUT2D eigenvalue weighted by Gasteiger charge is -2.31. The van der Waals surface area contributed by atoms with E-state index in [0.717, 1.165) is 50.0 Å². The van der Waals surface area contributed by atoms with Crippen molar-refractivity contribution < 1.29 is 28.3 Å². The monoisotopic (exact) mass is 428 g/mol. The lowest BCUT2D eigenvalue weighted by molar-refractivity contribution is 0.112. The number of nitrogens with zero attached hydrogens (tertiary/aromatic N) is 2. The Kier molecular flexibility index (Phi) is 6.36. The maximum absolute atomic E-state index is 13.4. The number of methoxy groups -OCH3 is 1. The van der Waals surface area contributed by atoms with Crippen LogP contribution in [0, 0.1) is 5.82 Å². The molecule has 1 saturated heterocycles. The summed E-state index contributed by atoms with van der Waals surface area (Å²) in [7, 11) is 1.49. The summed E-state index contributed by atoms with van der Waals surface area (Å²) in [5.41, 5.74) is 1.58. The fourth-order valence-electron chi connectivity index (χ4n) is 4.06. The van der Waals surface area contributed by atoms with Gasteiger partial charge in [-0.1, -0.05) is 5.16 Å². The quantitative estimate of drug-likeness (QED) is 0.426. The molecule has 2 aromatic carbocycles. The number of aromatic nitrogens is 1. The molecule has 0 radical (unpaired) electrons. The maximum atomic E-state index is 13.4. The molecule has 7 nitrogen and oxygen atoms in total. The van der Waals surface area contributed by atoms with Crippen LogP contribution in [0.25, 0.3) is 11.0 Å². The Labute approximate surface area is 179 Å². The molecule has 1 aromatic heterocycles. The first kappa shape index (κ1) is 21.1. The number of hydrogen-bond acceptors (Lipinski definition) is 7. The van der Waals surface area contributed by atoms with Gasteiger partial charge in [-0.3, -0.25) is 4.79 Å². The third-order valence-electron chi connectivity index (χ3n) is 5.75. The molecule has 2 heterocycles. The van der Waals surface area contributed by atoms with Gasteiger partial charge < -0.3 is 24.0 Å². The van der Waals surface area contributed by atoms with E-state index in [9.17, 15) is 14.3 Å². The Morgan fingerprint density at radius 2 is 2.06 bits per heavy atom. The van der Waals surface area contributed by atoms with Crippen LogP contribution in [0.15, 0.2) is 34.9 Å². The number of carbonyl (C=O) groups is 1. The van der Waals surface area contributed by atoms with E-state index in [0.29, 0.717) is 35.9 Å². The van der Waals surface area contributed by atoms with Crippen LogP contribution >= 0.6 is 0 Å². The van der Waals surface area contributed by atoms with Gasteiger partial charge in [0, 0.05) is 30.0 Å². The van der Waals surface area contributed by atoms with E-state index >= 15 is 0 Å². The van der Waals surface area contributed by atoms with Crippen molar-refractivity contribution in [3.8, 4) is 17.2 Å². The predicted octanol–water partition coefficient (Wildman–Crippen LogP) is 4.14. The average Bonchev–Trinajstić information content (AvgIpc) is 3.20. The third-order valence-corrected chi connectivity index (χ3v) is 5.75. The Balaban J connectivity index is 1.25. The van der Waals surface area contributed by atoms with E-state index in [1.54, 1.807) is 6.07 Å². The van der Waals surface area contributed by atoms with Gasteiger partial charge >= 0.3 is 0 Å². The van der Waals surface area contributed by atoms with Gasteiger partial charge in [-0.2, -0.15) is 0 Å². The van der Waals surface area contributed by atoms with Crippen molar-refractivity contribution in [1.82, 2.24) is 10.1 Å². The van der Waals surface area contributed by atoms with E-state index < -0.39 is 0 Å². The number of aldehydes is 1. The van der Waals surface area contributed by atoms with E-state index in [-0.39, 0.29) is 17.1 Å². The minimum Gasteiger partial charge on any atom is -0.507 e. The molecule has 8 heteroatoms. The van der Waals surface area contributed by atoms with Crippen molar-refractivity contribution in [2.75, 3.05) is 33.4 Å². The SMILES string of the molecule is COc1cc(C=O)c(O)cc1OCCCN1CCC(c2noc3cc(F)ccc23)CC1. The number of likely N-dealkylation sites (tertiary alicyclic amines) is 1. The van der Waals surface area contributed by atoms with Gasteiger partial charge in [-0.25, -0.2) is 4.39 Å². The Bertz CT molecular complexity index is 1060. The summed E-state index contributed by atoms with van der Waals surface area (Å²) in [6.45, 7) is 3.24. The molecule has 1 fully saturated rings. The number of rotatable bonds is 8. The minimum absolute atomic E-state index is 0.129. The van der Waals surface area contributed by atoms with E-state index in [4.69, 9.17) is 14.0 Å². The lowest BCUT2D eigenvalue weighted by atomic mass is 9.91. The number of phenolic OH excluding ortho intramolecular Hbond substituents is 1. The summed E-state index contributed by atoms with van der Waals surface area (Å²) in [5, 5.41) is 14.9. The summed E-state index contributed by atoms with van der Waals surface area (Å²) in [5.74, 6) is 0.692. The highest BCUT2D eigenvalue weighted by Crippen LogP contribution is 2.34. The summed E-state index contributed by atoms with van der Waals surface area (Å²) in [6, 6.07) is 7.43. The molecular formula is C23H25FN2O5. The molecule has 0 saturated carbocycles. The molecule has 0 aliphatic carbocycles. The number of fused-ring (bicyclic) bond motifs is 1. The van der Waals surface area contributed by atoms with Crippen LogP contribution in [0.2, 0.25) is 0 Å². The fourth-order valence-corrected chi connectivity index (χ4v) is 4.06. The van der Waals surface area contributed by atoms with Crippen LogP contribution < -0.4 is 9.47 Å². The van der Waals surface area contributed by atoms with Gasteiger partial charge in [0.15, 0.2) is 23.4 Å². The molecule has 1 N–H and O–H groups in total. The average molecular weight is 428 g/mol. The second kappa shape index (κ2) is 9.34. The summed E-state index contributed by atoms with van der Waals surface area (Å²) in [4.78, 5) is 13.3. The normalized spacial score (nSPS) is 15.3. The zero-order valence-electron chi connectivity index (χ0n) is 17.3. The Hall–Kier alpha value is -3.13. The van der Waals surface area contributed by atoms with Crippen molar-refractivity contribution in [3.63, 3.8) is 0 Å². The highest BCUT2D eigenvalue weighted by molar-refractivity contribution is 5.81. The van der Waals surface area contributed by atoms with Gasteiger partial charge in [0.05, 0.1) is 25.0 Å². The molecule has 0 spiro atoms. The van der Waals surface area contributed by atoms with Gasteiger partial charge in [-0.05, 0) is 50.6 Å². The van der Waals surface area contributed by atoms with Crippen LogP contribution in [-0.2, 0) is 0 Å². The Morgan fingerprint density at radius 3 is 2.81 bits per heavy atom. The zero-order chi connectivity index (χ0) is 21.8. The van der Waals surface area contributed by atoms with Crippen LogP contribution in [0.3, 0.4) is 0 Å². The first-order valence-electron chi connectivity index (χ1n) is 10.3. The molecule has 0 atom stereocenters. The van der Waals surface area contributed by atoms with Crippen molar-refractivity contribution >= 4 is 17.3 Å². The largest absolute Gasteiger partial charge is 0.507 e. The van der Waals surface area contributed by atoms with Crippen LogP contribution in [0.4, 0.5) is 4.39 Å². The Morgan fingerprint density at radius 1 is 1.26 bits per heavy atom. The van der Waals surface area contributed by atoms with Crippen LogP contribution in [-0.4, -0.2) is 54.8 Å². The number of aromatic hydroxyl groups is 1. The zero-order valence-corrected chi connectivity index (χ0v) is 17.3. The molecule has 164 valence electrons. The standard InChI is InChI=1S/C23H25FN2O5/c1-29-21-11-16(14-27)19(28)13-22(21)30-10-2-7-26-8-5-15(6-9-26)23-18-4-3-17(24)12-20(18)31-25-23/h3-4,11-15,28H,2,5-10H2,1H3. The fraction of sp³-hybridized carbons (Fsp3) is 0.391. The summed E-state index contributed by atoms with van der Waals surface area (Å²) < 4.78 is 29.7. The first-order chi connectivity index (χ1) is 15.1. The molecule has 0 bridgehead atoms. The lowest BCUT2D eigenvalue weighted by Crippen LogP contribution is -2.34. The molecule has 1 aliphatic rings. The molecule has 0 unspecified atom stereocenters. The number of halogens is 1. The van der Waals surface area contributed by atoms with Gasteiger partial charge in [-0.15, -0.1) is 0 Å². The van der Waals surface area contributed by atoms with E-state index in [1.807, 2.05) is 0 Å². The maximum Gasteiger partial charge on any atom is 0.170 e. The minimum atomic E-state index is -0.320. The number of phenols is 1. The second-order valence-electron chi connectivity index (χ2n) is 7.71. The number of ether oxygens (including phenoxy) is 2. The molecule has 31 heavy (non-hydrogen) atoms. The second-order valence-corrected chi connectivity index (χ2v) is 7.71. The van der Waals surface area contributed by atoms with Crippen molar-refractivity contribution in [1.29, 1.82) is 0 Å². The number of carbonyl (C=O) groups excluding carboxylic acids is 1. The van der Waals surface area contributed by atoms with Crippen molar-refractivity contribution in [2.45, 2.75) is 25.2 Å². The van der Waals surface area contributed by atoms with Gasteiger partial charge in [0.1, 0.15) is 11.6 Å². The van der Waals surface area contributed by atoms with Crippen molar-refractivity contribution in [3.05, 3.63) is 47.4 Å². The number of benzene rings is 2. The van der Waals surface area contributed by atoms with Gasteiger partial charge in [0.25, 0.3) is 0 Å². The van der Waals surface area contributed by atoms with E-state index in [1.165, 1.54) is 31.4 Å².